The van der Waals surface area contributed by atoms with Gasteiger partial charge in [-0.15, -0.1) is 0 Å². The van der Waals surface area contributed by atoms with Crippen molar-refractivity contribution in [3.8, 4) is 0 Å². The van der Waals surface area contributed by atoms with Crippen molar-refractivity contribution in [2.75, 3.05) is 16.2 Å². The van der Waals surface area contributed by atoms with E-state index in [-0.39, 0.29) is 34.6 Å². The second kappa shape index (κ2) is 8.85. The molecule has 6 nitrogen and oxygen atoms in total. The molecule has 8 heteroatoms. The summed E-state index contributed by atoms with van der Waals surface area (Å²) in [7, 11) is -3.50. The van der Waals surface area contributed by atoms with Crippen LogP contribution in [0.3, 0.4) is 0 Å². The first kappa shape index (κ1) is 20.7. The maximum Gasteiger partial charge on any atom is 0.251 e. The van der Waals surface area contributed by atoms with Crippen LogP contribution in [-0.2, 0) is 10.0 Å². The van der Waals surface area contributed by atoms with Crippen molar-refractivity contribution in [3.63, 3.8) is 0 Å². The summed E-state index contributed by atoms with van der Waals surface area (Å²) in [5, 5.41) is 2.79. The molecule has 0 aromatic heterocycles. The third-order valence-corrected chi connectivity index (χ3v) is 5.35. The van der Waals surface area contributed by atoms with Crippen LogP contribution in [0.15, 0.2) is 42.5 Å². The highest BCUT2D eigenvalue weighted by Gasteiger charge is 2.15. The number of benzene rings is 2. The first-order chi connectivity index (χ1) is 12.7. The van der Waals surface area contributed by atoms with Crippen molar-refractivity contribution in [2.24, 2.45) is 0 Å². The van der Waals surface area contributed by atoms with Gasteiger partial charge >= 0.3 is 0 Å². The Morgan fingerprint density at radius 3 is 2.48 bits per heavy atom. The molecule has 0 fully saturated rings. The molecule has 0 aliphatic rings. The Kier molecular flexibility index (Phi) is 6.79. The third-order valence-electron chi connectivity index (χ3n) is 3.98. The molecule has 146 valence electrons. The van der Waals surface area contributed by atoms with Crippen molar-refractivity contribution in [3.05, 3.63) is 59.4 Å². The number of anilines is 2. The Hall–Kier alpha value is -2.61. The molecular weight excluding hydrogens is 369 g/mol. The molecule has 2 aromatic carbocycles. The number of sulfonamides is 1. The van der Waals surface area contributed by atoms with E-state index in [9.17, 15) is 17.6 Å². The van der Waals surface area contributed by atoms with E-state index in [1.165, 1.54) is 30.3 Å². The minimum Gasteiger partial charge on any atom is -0.399 e. The minimum atomic E-state index is -3.50. The van der Waals surface area contributed by atoms with Crippen molar-refractivity contribution in [1.29, 1.82) is 0 Å². The lowest BCUT2D eigenvalue weighted by atomic mass is 10.1. The fraction of sp³-hybridized carbons (Fsp3) is 0.316. The van der Waals surface area contributed by atoms with Gasteiger partial charge in [0, 0.05) is 11.3 Å². The average molecular weight is 393 g/mol. The molecule has 0 aliphatic carbocycles. The van der Waals surface area contributed by atoms with Gasteiger partial charge in [-0.05, 0) is 49.2 Å². The molecule has 2 aromatic rings. The first-order valence-electron chi connectivity index (χ1n) is 8.67. The van der Waals surface area contributed by atoms with Crippen molar-refractivity contribution < 1.29 is 17.6 Å². The molecule has 27 heavy (non-hydrogen) atoms. The van der Waals surface area contributed by atoms with Gasteiger partial charge in [0.1, 0.15) is 5.82 Å². The summed E-state index contributed by atoms with van der Waals surface area (Å²) in [6, 6.07) is 9.83. The number of halogens is 1. The van der Waals surface area contributed by atoms with Gasteiger partial charge < -0.3 is 11.1 Å². The lowest BCUT2D eigenvalue weighted by molar-refractivity contribution is 0.0940. The van der Waals surface area contributed by atoms with Crippen LogP contribution < -0.4 is 15.8 Å². The first-order valence-corrected chi connectivity index (χ1v) is 10.3. The molecule has 0 saturated carbocycles. The Morgan fingerprint density at radius 1 is 1.19 bits per heavy atom. The van der Waals surface area contributed by atoms with Crippen LogP contribution >= 0.6 is 0 Å². The van der Waals surface area contributed by atoms with Crippen LogP contribution in [-0.4, -0.2) is 20.1 Å². The molecule has 0 radical (unpaired) electrons. The smallest absolute Gasteiger partial charge is 0.251 e. The van der Waals surface area contributed by atoms with Gasteiger partial charge in [0.2, 0.25) is 10.0 Å². The van der Waals surface area contributed by atoms with E-state index in [1.54, 1.807) is 19.1 Å². The number of nitrogens with one attached hydrogen (secondary N) is 2. The molecule has 0 bridgehead atoms. The maximum absolute atomic E-state index is 13.0. The van der Waals surface area contributed by atoms with Gasteiger partial charge in [0.15, 0.2) is 0 Å². The van der Waals surface area contributed by atoms with Crippen LogP contribution in [0.5, 0.6) is 0 Å². The Morgan fingerprint density at radius 2 is 1.85 bits per heavy atom. The number of nitrogens with two attached hydrogens (primary N) is 1. The largest absolute Gasteiger partial charge is 0.399 e. The second-order valence-corrected chi connectivity index (χ2v) is 8.21. The fourth-order valence-electron chi connectivity index (χ4n) is 2.52. The Labute approximate surface area is 159 Å². The molecule has 1 atom stereocenters. The maximum atomic E-state index is 13.0. The van der Waals surface area contributed by atoms with E-state index in [0.717, 1.165) is 12.0 Å². The van der Waals surface area contributed by atoms with Crippen LogP contribution in [0.4, 0.5) is 15.8 Å². The predicted octanol–water partition coefficient (Wildman–Crippen LogP) is 3.44. The number of amides is 1. The minimum absolute atomic E-state index is 0.00142. The normalized spacial score (nSPS) is 12.4. The summed E-state index contributed by atoms with van der Waals surface area (Å²) in [6.45, 7) is 3.67. The number of rotatable bonds is 8. The summed E-state index contributed by atoms with van der Waals surface area (Å²) in [6.07, 6.45) is 1.30. The van der Waals surface area contributed by atoms with Crippen LogP contribution in [0.25, 0.3) is 0 Å². The molecule has 4 N–H and O–H groups in total. The molecule has 0 unspecified atom stereocenters. The zero-order valence-corrected chi connectivity index (χ0v) is 16.1. The van der Waals surface area contributed by atoms with Crippen molar-refractivity contribution in [2.45, 2.75) is 32.7 Å². The summed E-state index contributed by atoms with van der Waals surface area (Å²) >= 11 is 0. The molecular formula is C19H24FN3O3S. The molecule has 1 amide bonds. The number of unbranched alkanes of at least 4 members (excludes halogenated alkanes) is 1. The molecule has 0 heterocycles. The quantitative estimate of drug-likeness (QED) is 0.598. The summed E-state index contributed by atoms with van der Waals surface area (Å²) in [5.74, 6) is -0.761. The predicted molar refractivity (Wildman–Crippen MR) is 105 cm³/mol. The highest BCUT2D eigenvalue weighted by molar-refractivity contribution is 7.92. The van der Waals surface area contributed by atoms with Gasteiger partial charge in [-0.1, -0.05) is 25.5 Å². The zero-order valence-electron chi connectivity index (χ0n) is 15.3. The van der Waals surface area contributed by atoms with Gasteiger partial charge in [-0.2, -0.15) is 0 Å². The van der Waals surface area contributed by atoms with Crippen LogP contribution in [0, 0.1) is 5.82 Å². The van der Waals surface area contributed by atoms with E-state index < -0.39 is 15.9 Å². The number of nitrogen functional groups attached to an aromatic ring is 1. The van der Waals surface area contributed by atoms with Gasteiger partial charge in [0.05, 0.1) is 17.5 Å². The highest BCUT2D eigenvalue weighted by atomic mass is 32.2. The summed E-state index contributed by atoms with van der Waals surface area (Å²) in [5.41, 5.74) is 7.31. The number of carbonyl (C=O) groups excluding carboxylic acids is 1. The van der Waals surface area contributed by atoms with E-state index in [2.05, 4.69) is 10.0 Å². The summed E-state index contributed by atoms with van der Waals surface area (Å²) < 4.78 is 39.6. The lowest BCUT2D eigenvalue weighted by Gasteiger charge is -2.15. The van der Waals surface area contributed by atoms with Gasteiger partial charge in [0.25, 0.3) is 5.91 Å². The average Bonchev–Trinajstić information content (AvgIpc) is 2.59. The SMILES string of the molecule is CCCCS(=O)(=O)Nc1cc(N)cc(C(=O)N[C@H](C)c2ccc(F)cc2)c1. The second-order valence-electron chi connectivity index (χ2n) is 6.36. The summed E-state index contributed by atoms with van der Waals surface area (Å²) in [4.78, 5) is 12.5. The monoisotopic (exact) mass is 393 g/mol. The molecule has 0 aliphatic heterocycles. The lowest BCUT2D eigenvalue weighted by Crippen LogP contribution is -2.27. The molecule has 0 spiro atoms. The number of hydrogen-bond donors (Lipinski definition) is 3. The topological polar surface area (TPSA) is 101 Å². The van der Waals surface area contributed by atoms with E-state index in [1.807, 2.05) is 6.92 Å². The van der Waals surface area contributed by atoms with E-state index in [4.69, 9.17) is 5.73 Å². The molecule has 0 saturated heterocycles. The fourth-order valence-corrected chi connectivity index (χ4v) is 3.77. The van der Waals surface area contributed by atoms with Crippen molar-refractivity contribution >= 4 is 27.3 Å². The van der Waals surface area contributed by atoms with Crippen LogP contribution in [0.2, 0.25) is 0 Å². The third kappa shape index (κ3) is 6.25. The van der Waals surface area contributed by atoms with E-state index in [0.29, 0.717) is 6.42 Å². The van der Waals surface area contributed by atoms with Gasteiger partial charge in [-0.3, -0.25) is 9.52 Å². The van der Waals surface area contributed by atoms with Crippen molar-refractivity contribution in [1.82, 2.24) is 5.32 Å². The molecule has 2 rings (SSSR count). The van der Waals surface area contributed by atoms with E-state index >= 15 is 0 Å². The Bertz CT molecular complexity index is 899. The van der Waals surface area contributed by atoms with Gasteiger partial charge in [-0.25, -0.2) is 12.8 Å². The number of carbonyl (C=O) groups is 1. The Balaban J connectivity index is 2.14. The standard InChI is InChI=1S/C19H24FN3O3S/c1-3-4-9-27(25,26)23-18-11-15(10-17(21)12-18)19(24)22-13(2)14-5-7-16(20)8-6-14/h5-8,10-13,23H,3-4,9,21H2,1-2H3,(H,22,24)/t13-/m1/s1. The number of hydrogen-bond acceptors (Lipinski definition) is 4. The van der Waals surface area contributed by atoms with Crippen LogP contribution in [0.1, 0.15) is 48.7 Å². The highest BCUT2D eigenvalue weighted by Crippen LogP contribution is 2.20. The zero-order chi connectivity index (χ0) is 20.0.